The van der Waals surface area contributed by atoms with E-state index in [1.807, 2.05) is 18.2 Å². The van der Waals surface area contributed by atoms with Crippen LogP contribution in [0, 0.1) is 19.4 Å². The third-order valence-electron chi connectivity index (χ3n) is 4.91. The van der Waals surface area contributed by atoms with E-state index in [4.69, 9.17) is 11.3 Å². The molecule has 0 atom stereocenters. The molecule has 0 radical (unpaired) electrons. The first-order chi connectivity index (χ1) is 12.1. The van der Waals surface area contributed by atoms with Gasteiger partial charge in [-0.2, -0.15) is 0 Å². The van der Waals surface area contributed by atoms with Crippen molar-refractivity contribution in [2.75, 3.05) is 26.7 Å². The second-order valence-electron chi connectivity index (χ2n) is 7.13. The SMILES string of the molecule is [C-]#[N+]c1cccc(-c2cc(C)cc(COCC3CCN(C)CC3)c2)c1. The molecule has 25 heavy (non-hydrogen) atoms. The Balaban J connectivity index is 1.64. The number of rotatable bonds is 5. The average Bonchev–Trinajstić information content (AvgIpc) is 2.63. The van der Waals surface area contributed by atoms with E-state index in [1.54, 1.807) is 0 Å². The van der Waals surface area contributed by atoms with Crippen molar-refractivity contribution in [3.8, 4) is 11.1 Å². The van der Waals surface area contributed by atoms with Gasteiger partial charge in [0.05, 0.1) is 13.2 Å². The summed E-state index contributed by atoms with van der Waals surface area (Å²) in [6.45, 7) is 13.2. The zero-order valence-corrected chi connectivity index (χ0v) is 15.2. The lowest BCUT2D eigenvalue weighted by molar-refractivity contribution is 0.0623. The quantitative estimate of drug-likeness (QED) is 0.710. The van der Waals surface area contributed by atoms with E-state index in [0.29, 0.717) is 18.2 Å². The molecule has 0 aromatic heterocycles. The first-order valence-corrected chi connectivity index (χ1v) is 8.99. The predicted molar refractivity (Wildman–Crippen MR) is 103 cm³/mol. The number of likely N-dealkylation sites (tertiary alicyclic amines) is 1. The Labute approximate surface area is 151 Å². The maximum absolute atomic E-state index is 7.19. The normalized spacial score (nSPS) is 15.9. The van der Waals surface area contributed by atoms with Crippen molar-refractivity contribution in [2.24, 2.45) is 5.92 Å². The van der Waals surface area contributed by atoms with Crippen molar-refractivity contribution in [3.05, 3.63) is 65.0 Å². The first kappa shape index (κ1) is 17.7. The van der Waals surface area contributed by atoms with Crippen LogP contribution in [0.2, 0.25) is 0 Å². The third kappa shape index (κ3) is 4.92. The zero-order chi connectivity index (χ0) is 17.6. The number of benzene rings is 2. The number of hydrogen-bond acceptors (Lipinski definition) is 2. The van der Waals surface area contributed by atoms with Gasteiger partial charge in [-0.15, -0.1) is 0 Å². The molecule has 1 saturated heterocycles. The summed E-state index contributed by atoms with van der Waals surface area (Å²) in [7, 11) is 2.19. The van der Waals surface area contributed by atoms with Crippen LogP contribution in [0.5, 0.6) is 0 Å². The van der Waals surface area contributed by atoms with Crippen molar-refractivity contribution in [3.63, 3.8) is 0 Å². The number of aryl methyl sites for hydroxylation is 1. The minimum absolute atomic E-state index is 0.656. The lowest BCUT2D eigenvalue weighted by Crippen LogP contribution is -2.31. The van der Waals surface area contributed by atoms with Crippen LogP contribution >= 0.6 is 0 Å². The summed E-state index contributed by atoms with van der Waals surface area (Å²) in [5, 5.41) is 0. The van der Waals surface area contributed by atoms with Crippen molar-refractivity contribution in [1.29, 1.82) is 0 Å². The monoisotopic (exact) mass is 334 g/mol. The van der Waals surface area contributed by atoms with Crippen LogP contribution in [0.4, 0.5) is 5.69 Å². The Kier molecular flexibility index (Phi) is 5.86. The number of nitrogens with zero attached hydrogens (tertiary/aromatic N) is 2. The molecule has 1 aliphatic rings. The Hall–Kier alpha value is -2.15. The van der Waals surface area contributed by atoms with Gasteiger partial charge < -0.3 is 9.64 Å². The van der Waals surface area contributed by atoms with Crippen LogP contribution < -0.4 is 0 Å². The van der Waals surface area contributed by atoms with Crippen LogP contribution in [0.3, 0.4) is 0 Å². The average molecular weight is 334 g/mol. The van der Waals surface area contributed by atoms with Crippen molar-refractivity contribution in [2.45, 2.75) is 26.4 Å². The highest BCUT2D eigenvalue weighted by Crippen LogP contribution is 2.26. The van der Waals surface area contributed by atoms with E-state index >= 15 is 0 Å². The smallest absolute Gasteiger partial charge is 0.187 e. The molecule has 0 aliphatic carbocycles. The highest BCUT2D eigenvalue weighted by molar-refractivity contribution is 5.69. The highest BCUT2D eigenvalue weighted by Gasteiger charge is 2.16. The Morgan fingerprint density at radius 1 is 1.12 bits per heavy atom. The summed E-state index contributed by atoms with van der Waals surface area (Å²) in [4.78, 5) is 5.92. The molecule has 0 N–H and O–H groups in total. The van der Waals surface area contributed by atoms with Crippen LogP contribution in [0.1, 0.15) is 24.0 Å². The number of ether oxygens (including phenoxy) is 1. The molecular weight excluding hydrogens is 308 g/mol. The molecule has 0 saturated carbocycles. The van der Waals surface area contributed by atoms with Gasteiger partial charge in [-0.1, -0.05) is 35.9 Å². The van der Waals surface area contributed by atoms with E-state index in [1.165, 1.54) is 37.1 Å². The molecule has 0 amide bonds. The molecule has 1 aliphatic heterocycles. The lowest BCUT2D eigenvalue weighted by atomic mass is 9.98. The molecule has 3 heteroatoms. The molecule has 1 fully saturated rings. The van der Waals surface area contributed by atoms with Gasteiger partial charge in [0.2, 0.25) is 0 Å². The van der Waals surface area contributed by atoms with E-state index in [2.05, 4.69) is 48.0 Å². The van der Waals surface area contributed by atoms with Gasteiger partial charge in [0.25, 0.3) is 0 Å². The molecule has 1 heterocycles. The summed E-state index contributed by atoms with van der Waals surface area (Å²) in [5.74, 6) is 0.691. The van der Waals surface area contributed by atoms with Crippen LogP contribution in [-0.4, -0.2) is 31.6 Å². The molecule has 3 nitrogen and oxygen atoms in total. The largest absolute Gasteiger partial charge is 0.376 e. The summed E-state index contributed by atoms with van der Waals surface area (Å²) in [6, 6.07) is 14.3. The molecule has 3 rings (SSSR count). The maximum Gasteiger partial charge on any atom is 0.187 e. The van der Waals surface area contributed by atoms with Crippen molar-refractivity contribution < 1.29 is 4.74 Å². The summed E-state index contributed by atoms with van der Waals surface area (Å²) >= 11 is 0. The van der Waals surface area contributed by atoms with Crippen molar-refractivity contribution in [1.82, 2.24) is 4.90 Å². The van der Waals surface area contributed by atoms with Gasteiger partial charge in [-0.05, 0) is 74.6 Å². The highest BCUT2D eigenvalue weighted by atomic mass is 16.5. The van der Waals surface area contributed by atoms with E-state index in [-0.39, 0.29) is 0 Å². The fourth-order valence-corrected chi connectivity index (χ4v) is 3.44. The minimum Gasteiger partial charge on any atom is -0.376 e. The molecule has 2 aromatic carbocycles. The minimum atomic E-state index is 0.656. The predicted octanol–water partition coefficient (Wildman–Crippen LogP) is 5.07. The zero-order valence-electron chi connectivity index (χ0n) is 15.2. The van der Waals surface area contributed by atoms with E-state index in [0.717, 1.165) is 17.7 Å². The van der Waals surface area contributed by atoms with Crippen LogP contribution in [-0.2, 0) is 11.3 Å². The van der Waals surface area contributed by atoms with Gasteiger partial charge >= 0.3 is 0 Å². The molecule has 0 unspecified atom stereocenters. The molecule has 2 aromatic rings. The topological polar surface area (TPSA) is 16.8 Å². The van der Waals surface area contributed by atoms with Gasteiger partial charge in [0, 0.05) is 6.61 Å². The van der Waals surface area contributed by atoms with E-state index < -0.39 is 0 Å². The number of hydrogen-bond donors (Lipinski definition) is 0. The molecular formula is C22H26N2O. The number of piperidine rings is 1. The summed E-state index contributed by atoms with van der Waals surface area (Å²) < 4.78 is 6.02. The van der Waals surface area contributed by atoms with Gasteiger partial charge in [0.15, 0.2) is 5.69 Å². The lowest BCUT2D eigenvalue weighted by Gasteiger charge is -2.28. The second kappa shape index (κ2) is 8.29. The molecule has 0 bridgehead atoms. The van der Waals surface area contributed by atoms with E-state index in [9.17, 15) is 0 Å². The Morgan fingerprint density at radius 3 is 2.68 bits per heavy atom. The maximum atomic E-state index is 7.19. The standard InChI is InChI=1S/C22H26N2O/c1-17-11-19(16-25-15-18-7-9-24(3)10-8-18)13-21(12-17)20-5-4-6-22(14-20)23-2/h4-6,11-14,18H,7-10,15-16H2,1,3H3. The van der Waals surface area contributed by atoms with Gasteiger partial charge in [0.1, 0.15) is 0 Å². The third-order valence-corrected chi connectivity index (χ3v) is 4.91. The van der Waals surface area contributed by atoms with Gasteiger partial charge in [-0.3, -0.25) is 0 Å². The molecule has 130 valence electrons. The van der Waals surface area contributed by atoms with Crippen LogP contribution in [0.25, 0.3) is 16.0 Å². The van der Waals surface area contributed by atoms with Crippen LogP contribution in [0.15, 0.2) is 42.5 Å². The van der Waals surface area contributed by atoms with Crippen molar-refractivity contribution >= 4 is 5.69 Å². The first-order valence-electron chi connectivity index (χ1n) is 8.99. The molecule has 0 spiro atoms. The Morgan fingerprint density at radius 2 is 1.92 bits per heavy atom. The second-order valence-corrected chi connectivity index (χ2v) is 7.13. The van der Waals surface area contributed by atoms with Gasteiger partial charge in [-0.25, -0.2) is 4.85 Å². The summed E-state index contributed by atoms with van der Waals surface area (Å²) in [5.41, 5.74) is 5.36. The Bertz CT molecular complexity index is 755. The fraction of sp³-hybridized carbons (Fsp3) is 0.409. The fourth-order valence-electron chi connectivity index (χ4n) is 3.44. The summed E-state index contributed by atoms with van der Waals surface area (Å²) in [6.07, 6.45) is 2.47.